The van der Waals surface area contributed by atoms with Crippen LogP contribution >= 0.6 is 0 Å². The van der Waals surface area contributed by atoms with Gasteiger partial charge in [-0.15, -0.1) is 0 Å². The van der Waals surface area contributed by atoms with Crippen LogP contribution in [0.3, 0.4) is 0 Å². The van der Waals surface area contributed by atoms with Crippen molar-refractivity contribution >= 4 is 11.8 Å². The molecule has 18 heavy (non-hydrogen) atoms. The van der Waals surface area contributed by atoms with E-state index in [0.717, 1.165) is 25.3 Å². The number of hydrogen-bond acceptors (Lipinski definition) is 5. The number of anilines is 1. The van der Waals surface area contributed by atoms with E-state index < -0.39 is 0 Å². The molecule has 0 spiro atoms. The summed E-state index contributed by atoms with van der Waals surface area (Å²) in [6.07, 6.45) is 2.68. The highest BCUT2D eigenvalue weighted by Crippen LogP contribution is 2.13. The molecule has 1 aliphatic heterocycles. The van der Waals surface area contributed by atoms with Gasteiger partial charge in [0, 0.05) is 18.8 Å². The minimum atomic E-state index is -0.322. The molecular formula is C13H19N3O2. The number of esters is 1. The van der Waals surface area contributed by atoms with Crippen molar-refractivity contribution in [2.45, 2.75) is 19.4 Å². The summed E-state index contributed by atoms with van der Waals surface area (Å²) >= 11 is 0. The predicted molar refractivity (Wildman–Crippen MR) is 69.7 cm³/mol. The van der Waals surface area contributed by atoms with Gasteiger partial charge in [0.15, 0.2) is 0 Å². The monoisotopic (exact) mass is 249 g/mol. The van der Waals surface area contributed by atoms with Crippen LogP contribution in [0.5, 0.6) is 0 Å². The van der Waals surface area contributed by atoms with Crippen LogP contribution in [-0.2, 0) is 4.74 Å². The number of carbonyl (C=O) groups is 1. The number of rotatable bonds is 4. The first-order valence-electron chi connectivity index (χ1n) is 6.27. The lowest BCUT2D eigenvalue weighted by Gasteiger charge is -2.13. The molecule has 0 saturated carbocycles. The maximum atomic E-state index is 11.5. The van der Waals surface area contributed by atoms with Crippen molar-refractivity contribution in [2.75, 3.05) is 32.1 Å². The molecule has 1 aliphatic rings. The van der Waals surface area contributed by atoms with Gasteiger partial charge in [0.2, 0.25) is 0 Å². The van der Waals surface area contributed by atoms with Gasteiger partial charge in [0.25, 0.3) is 0 Å². The van der Waals surface area contributed by atoms with Crippen LogP contribution in [0.4, 0.5) is 5.82 Å². The number of pyridine rings is 1. The van der Waals surface area contributed by atoms with Crippen molar-refractivity contribution < 1.29 is 9.53 Å². The number of likely N-dealkylation sites (tertiary alicyclic amines) is 1. The molecule has 5 nitrogen and oxygen atoms in total. The third-order valence-corrected chi connectivity index (χ3v) is 3.02. The lowest BCUT2D eigenvalue weighted by Crippen LogP contribution is -2.24. The highest BCUT2D eigenvalue weighted by Gasteiger charge is 2.19. The molecule has 1 saturated heterocycles. The molecule has 98 valence electrons. The van der Waals surface area contributed by atoms with Crippen LogP contribution in [0.15, 0.2) is 18.3 Å². The Kier molecular flexibility index (Phi) is 4.15. The third-order valence-electron chi connectivity index (χ3n) is 3.02. The third kappa shape index (κ3) is 3.20. The second-order valence-electron chi connectivity index (χ2n) is 4.54. The fraction of sp³-hybridized carbons (Fsp3) is 0.538. The number of likely N-dealkylation sites (N-methyl/N-ethyl adjacent to an activating group) is 1. The van der Waals surface area contributed by atoms with Crippen molar-refractivity contribution in [1.29, 1.82) is 0 Å². The SMILES string of the molecule is CCOC(=O)c1ccc(NC2CCN(C)C2)nc1. The van der Waals surface area contributed by atoms with Gasteiger partial charge in [-0.2, -0.15) is 0 Å². The number of aromatic nitrogens is 1. The Morgan fingerprint density at radius 1 is 1.61 bits per heavy atom. The molecule has 0 aliphatic carbocycles. The largest absolute Gasteiger partial charge is 0.462 e. The van der Waals surface area contributed by atoms with E-state index in [2.05, 4.69) is 22.2 Å². The van der Waals surface area contributed by atoms with Gasteiger partial charge in [0.05, 0.1) is 12.2 Å². The van der Waals surface area contributed by atoms with E-state index in [-0.39, 0.29) is 5.97 Å². The average molecular weight is 249 g/mol. The molecule has 1 unspecified atom stereocenters. The number of nitrogens with zero attached hydrogens (tertiary/aromatic N) is 2. The second kappa shape index (κ2) is 5.82. The van der Waals surface area contributed by atoms with Gasteiger partial charge >= 0.3 is 5.97 Å². The van der Waals surface area contributed by atoms with Crippen molar-refractivity contribution in [2.24, 2.45) is 0 Å². The maximum Gasteiger partial charge on any atom is 0.339 e. The minimum absolute atomic E-state index is 0.322. The van der Waals surface area contributed by atoms with E-state index in [9.17, 15) is 4.79 Å². The van der Waals surface area contributed by atoms with Gasteiger partial charge in [-0.25, -0.2) is 9.78 Å². The van der Waals surface area contributed by atoms with Gasteiger partial charge in [-0.1, -0.05) is 0 Å². The fourth-order valence-corrected chi connectivity index (χ4v) is 2.08. The Labute approximate surface area is 107 Å². The van der Waals surface area contributed by atoms with Gasteiger partial charge in [-0.05, 0) is 39.1 Å². The first-order chi connectivity index (χ1) is 8.69. The molecule has 1 fully saturated rings. The lowest BCUT2D eigenvalue weighted by atomic mass is 10.2. The number of ether oxygens (including phenoxy) is 1. The van der Waals surface area contributed by atoms with E-state index in [1.165, 1.54) is 0 Å². The van der Waals surface area contributed by atoms with Gasteiger partial charge < -0.3 is 15.0 Å². The van der Waals surface area contributed by atoms with Crippen LogP contribution in [0.1, 0.15) is 23.7 Å². The van der Waals surface area contributed by atoms with E-state index in [1.54, 1.807) is 19.2 Å². The molecule has 0 aromatic carbocycles. The molecular weight excluding hydrogens is 230 g/mol. The summed E-state index contributed by atoms with van der Waals surface area (Å²) in [4.78, 5) is 18.0. The summed E-state index contributed by atoms with van der Waals surface area (Å²) in [6, 6.07) is 4.01. The Hall–Kier alpha value is -1.62. The summed E-state index contributed by atoms with van der Waals surface area (Å²) in [5.41, 5.74) is 0.492. The normalized spacial score (nSPS) is 19.8. The molecule has 1 aromatic heterocycles. The molecule has 1 aromatic rings. The van der Waals surface area contributed by atoms with Crippen LogP contribution in [0, 0.1) is 0 Å². The summed E-state index contributed by atoms with van der Waals surface area (Å²) in [6.45, 7) is 4.31. The van der Waals surface area contributed by atoms with Gasteiger partial charge in [-0.3, -0.25) is 0 Å². The summed E-state index contributed by atoms with van der Waals surface area (Å²) in [5, 5.41) is 3.36. The number of hydrogen-bond donors (Lipinski definition) is 1. The first kappa shape index (κ1) is 12.8. The minimum Gasteiger partial charge on any atom is -0.462 e. The highest BCUT2D eigenvalue weighted by atomic mass is 16.5. The van der Waals surface area contributed by atoms with Crippen molar-refractivity contribution in [1.82, 2.24) is 9.88 Å². The Morgan fingerprint density at radius 2 is 2.44 bits per heavy atom. The quantitative estimate of drug-likeness (QED) is 0.817. The maximum absolute atomic E-state index is 11.5. The first-order valence-corrected chi connectivity index (χ1v) is 6.27. The molecule has 1 N–H and O–H groups in total. The van der Waals surface area contributed by atoms with E-state index in [0.29, 0.717) is 18.2 Å². The summed E-state index contributed by atoms with van der Waals surface area (Å²) in [5.74, 6) is 0.487. The van der Waals surface area contributed by atoms with E-state index in [1.807, 2.05) is 6.07 Å². The van der Waals surface area contributed by atoms with Crippen molar-refractivity contribution in [3.05, 3.63) is 23.9 Å². The number of nitrogens with one attached hydrogen (secondary N) is 1. The van der Waals surface area contributed by atoms with Crippen molar-refractivity contribution in [3.63, 3.8) is 0 Å². The summed E-state index contributed by atoms with van der Waals surface area (Å²) < 4.78 is 4.91. The van der Waals surface area contributed by atoms with Crippen molar-refractivity contribution in [3.8, 4) is 0 Å². The Bertz CT molecular complexity index is 405. The Morgan fingerprint density at radius 3 is 3.00 bits per heavy atom. The zero-order valence-corrected chi connectivity index (χ0v) is 10.8. The van der Waals surface area contributed by atoms with E-state index in [4.69, 9.17) is 4.74 Å². The predicted octanol–water partition coefficient (Wildman–Crippen LogP) is 1.37. The van der Waals surface area contributed by atoms with Crippen LogP contribution in [0.2, 0.25) is 0 Å². The molecule has 2 rings (SSSR count). The van der Waals surface area contributed by atoms with Gasteiger partial charge in [0.1, 0.15) is 5.82 Å². The molecule has 5 heteroatoms. The van der Waals surface area contributed by atoms with Crippen LogP contribution < -0.4 is 5.32 Å². The Balaban J connectivity index is 1.93. The topological polar surface area (TPSA) is 54.5 Å². The standard InChI is InChI=1S/C13H19N3O2/c1-3-18-13(17)10-4-5-12(14-8-10)15-11-6-7-16(2)9-11/h4-5,8,11H,3,6-7,9H2,1-2H3,(H,14,15). The smallest absolute Gasteiger partial charge is 0.339 e. The zero-order chi connectivity index (χ0) is 13.0. The average Bonchev–Trinajstić information content (AvgIpc) is 2.76. The lowest BCUT2D eigenvalue weighted by molar-refractivity contribution is 0.0526. The molecule has 0 radical (unpaired) electrons. The summed E-state index contributed by atoms with van der Waals surface area (Å²) in [7, 11) is 2.11. The molecule has 0 amide bonds. The fourth-order valence-electron chi connectivity index (χ4n) is 2.08. The number of carbonyl (C=O) groups excluding carboxylic acids is 1. The second-order valence-corrected chi connectivity index (χ2v) is 4.54. The molecule has 0 bridgehead atoms. The van der Waals surface area contributed by atoms with Crippen LogP contribution in [-0.4, -0.2) is 48.6 Å². The van der Waals surface area contributed by atoms with E-state index >= 15 is 0 Å². The highest BCUT2D eigenvalue weighted by molar-refractivity contribution is 5.89. The molecule has 2 heterocycles. The van der Waals surface area contributed by atoms with Crippen LogP contribution in [0.25, 0.3) is 0 Å². The zero-order valence-electron chi connectivity index (χ0n) is 10.8. The molecule has 1 atom stereocenters.